The zero-order valence-electron chi connectivity index (χ0n) is 12.0. The molecule has 2 rings (SSSR count). The van der Waals surface area contributed by atoms with E-state index in [0.29, 0.717) is 11.8 Å². The van der Waals surface area contributed by atoms with E-state index in [1.165, 1.54) is 24.3 Å². The number of aromatic carboxylic acids is 2. The summed E-state index contributed by atoms with van der Waals surface area (Å²) >= 11 is 0. The van der Waals surface area contributed by atoms with E-state index < -0.39 is 11.9 Å². The van der Waals surface area contributed by atoms with Crippen molar-refractivity contribution in [1.82, 2.24) is 4.98 Å². The van der Waals surface area contributed by atoms with Crippen LogP contribution in [0.4, 0.5) is 5.95 Å². The highest BCUT2D eigenvalue weighted by Gasteiger charge is 2.08. The highest BCUT2D eigenvalue weighted by molar-refractivity contribution is 6.00. The fraction of sp³-hybridized carbons (Fsp3) is 0.143. The third kappa shape index (κ3) is 4.75. The number of benzene rings is 1. The molecule has 4 N–H and O–H groups in total. The van der Waals surface area contributed by atoms with Crippen LogP contribution in [0.25, 0.3) is 0 Å². The molecule has 116 valence electrons. The van der Waals surface area contributed by atoms with Gasteiger partial charge in [0.15, 0.2) is 0 Å². The first-order valence-electron chi connectivity index (χ1n) is 6.09. The molecule has 22 heavy (non-hydrogen) atoms. The molecular weight excluding hydrogens is 290 g/mol. The molecule has 0 spiro atoms. The number of methoxy groups -OCH3 is 1. The summed E-state index contributed by atoms with van der Waals surface area (Å²) in [6.45, 7) is 1.85. The van der Waals surface area contributed by atoms with Gasteiger partial charge in [0.05, 0.1) is 24.7 Å². The molecule has 0 radical (unpaired) electrons. The molecule has 0 unspecified atom stereocenters. The maximum Gasteiger partial charge on any atom is 0.389 e. The quantitative estimate of drug-likeness (QED) is 0.782. The van der Waals surface area contributed by atoms with Crippen molar-refractivity contribution in [1.29, 1.82) is 0 Å². The van der Waals surface area contributed by atoms with E-state index in [2.05, 4.69) is 9.97 Å². The van der Waals surface area contributed by atoms with Gasteiger partial charge in [-0.2, -0.15) is 0 Å². The van der Waals surface area contributed by atoms with E-state index >= 15 is 0 Å². The molecule has 1 aromatic carbocycles. The molecule has 0 aliphatic rings. The van der Waals surface area contributed by atoms with Crippen LogP contribution >= 0.6 is 0 Å². The van der Waals surface area contributed by atoms with Crippen LogP contribution in [0, 0.1) is 6.92 Å². The number of nitrogens with zero attached hydrogens (tertiary/aromatic N) is 1. The second-order valence-corrected chi connectivity index (χ2v) is 4.11. The molecule has 0 bridgehead atoms. The predicted octanol–water partition coefficient (Wildman–Crippen LogP) is -0.457. The molecule has 0 atom stereocenters. The van der Waals surface area contributed by atoms with E-state index in [1.54, 1.807) is 13.2 Å². The number of nitrogen functional groups attached to an aromatic ring is 1. The number of rotatable bonds is 3. The van der Waals surface area contributed by atoms with Gasteiger partial charge in [-0.3, -0.25) is 5.73 Å². The largest absolute Gasteiger partial charge is 0.545 e. The Morgan fingerprint density at radius 3 is 2.32 bits per heavy atom. The van der Waals surface area contributed by atoms with Crippen LogP contribution in [-0.2, 0) is 0 Å². The van der Waals surface area contributed by atoms with Crippen LogP contribution < -0.4 is 20.6 Å². The molecule has 8 nitrogen and oxygen atoms in total. The minimum atomic E-state index is -1.48. The molecular formula is C14H15N3O5. The lowest BCUT2D eigenvalue weighted by Gasteiger charge is -2.04. The van der Waals surface area contributed by atoms with Gasteiger partial charge >= 0.3 is 11.9 Å². The Kier molecular flexibility index (Phi) is 5.82. The third-order valence-corrected chi connectivity index (χ3v) is 2.49. The molecule has 8 heteroatoms. The normalized spacial score (nSPS) is 9.36. The summed E-state index contributed by atoms with van der Waals surface area (Å²) < 4.78 is 4.90. The number of nitrogens with one attached hydrogen (secondary N) is 1. The first kappa shape index (κ1) is 16.9. The molecule has 0 saturated carbocycles. The van der Waals surface area contributed by atoms with Crippen molar-refractivity contribution < 1.29 is 29.5 Å². The van der Waals surface area contributed by atoms with E-state index in [1.807, 2.05) is 6.92 Å². The van der Waals surface area contributed by atoms with Crippen LogP contribution in [0.3, 0.4) is 0 Å². The van der Waals surface area contributed by atoms with Crippen molar-refractivity contribution in [3.63, 3.8) is 0 Å². The van der Waals surface area contributed by atoms with Gasteiger partial charge in [-0.25, -0.2) is 9.78 Å². The number of H-pyrrole nitrogens is 1. The number of anilines is 1. The van der Waals surface area contributed by atoms with Crippen LogP contribution in [0.1, 0.15) is 26.4 Å². The number of aryl methyl sites for hydroxylation is 1. The predicted molar refractivity (Wildman–Crippen MR) is 74.2 cm³/mol. The number of aromatic nitrogens is 2. The van der Waals surface area contributed by atoms with Crippen LogP contribution in [0.2, 0.25) is 0 Å². The number of carboxylic acids is 2. The number of carbonyl (C=O) groups is 2. The number of carbonyl (C=O) groups excluding carboxylic acids is 1. The summed E-state index contributed by atoms with van der Waals surface area (Å²) in [5.41, 5.74) is 5.68. The van der Waals surface area contributed by atoms with Crippen LogP contribution in [-0.4, -0.2) is 29.1 Å². The van der Waals surface area contributed by atoms with E-state index in [4.69, 9.17) is 15.6 Å². The Hall–Kier alpha value is -3.16. The van der Waals surface area contributed by atoms with Crippen molar-refractivity contribution in [3.8, 4) is 5.88 Å². The Morgan fingerprint density at radius 1 is 1.32 bits per heavy atom. The van der Waals surface area contributed by atoms with Crippen molar-refractivity contribution in [2.24, 2.45) is 0 Å². The average Bonchev–Trinajstić information content (AvgIpc) is 2.46. The number of hydrogen-bond acceptors (Lipinski definition) is 6. The van der Waals surface area contributed by atoms with Gasteiger partial charge in [0, 0.05) is 5.56 Å². The fourth-order valence-corrected chi connectivity index (χ4v) is 1.56. The number of aromatic amines is 1. The van der Waals surface area contributed by atoms with Gasteiger partial charge in [0.1, 0.15) is 5.69 Å². The maximum absolute atomic E-state index is 10.4. The first-order chi connectivity index (χ1) is 10.3. The summed E-state index contributed by atoms with van der Waals surface area (Å²) in [7, 11) is 1.57. The summed E-state index contributed by atoms with van der Waals surface area (Å²) in [5, 5.41) is 18.9. The average molecular weight is 305 g/mol. The van der Waals surface area contributed by atoms with E-state index in [-0.39, 0.29) is 11.1 Å². The molecule has 2 aromatic rings. The van der Waals surface area contributed by atoms with E-state index in [0.717, 1.165) is 5.69 Å². The lowest BCUT2D eigenvalue weighted by atomic mass is 10.1. The van der Waals surface area contributed by atoms with Gasteiger partial charge in [-0.1, -0.05) is 23.2 Å². The fourth-order valence-electron chi connectivity index (χ4n) is 1.56. The SMILES string of the molecule is COc1cc(C)nc(N)[nH+]1.O=C([O-])c1ccccc1C(=O)O. The number of carboxylic acid groups (broad SMARTS) is 2. The number of ether oxygens (including phenoxy) is 1. The Bertz CT molecular complexity index is 635. The van der Waals surface area contributed by atoms with Crippen LogP contribution in [0.15, 0.2) is 30.3 Å². The smallest absolute Gasteiger partial charge is 0.389 e. The molecule has 0 fully saturated rings. The second-order valence-electron chi connectivity index (χ2n) is 4.11. The lowest BCUT2D eigenvalue weighted by Crippen LogP contribution is -2.24. The molecule has 1 heterocycles. The monoisotopic (exact) mass is 305 g/mol. The molecule has 0 aliphatic heterocycles. The van der Waals surface area contributed by atoms with Crippen molar-refractivity contribution in [3.05, 3.63) is 47.2 Å². The molecule has 0 amide bonds. The Morgan fingerprint density at radius 2 is 1.91 bits per heavy atom. The number of nitrogens with two attached hydrogens (primary N) is 1. The van der Waals surface area contributed by atoms with Gasteiger partial charge in [0.25, 0.3) is 5.88 Å². The summed E-state index contributed by atoms with van der Waals surface area (Å²) in [6.07, 6.45) is 0. The molecule has 0 saturated heterocycles. The summed E-state index contributed by atoms with van der Waals surface area (Å²) in [6, 6.07) is 7.08. The minimum absolute atomic E-state index is 0.252. The second kappa shape index (κ2) is 7.58. The van der Waals surface area contributed by atoms with Crippen molar-refractivity contribution in [2.75, 3.05) is 12.8 Å². The van der Waals surface area contributed by atoms with Crippen LogP contribution in [0.5, 0.6) is 5.88 Å². The zero-order valence-corrected chi connectivity index (χ0v) is 12.0. The summed E-state index contributed by atoms with van der Waals surface area (Å²) in [5.74, 6) is -1.75. The first-order valence-corrected chi connectivity index (χ1v) is 6.09. The van der Waals surface area contributed by atoms with Gasteiger partial charge in [-0.15, -0.1) is 0 Å². The highest BCUT2D eigenvalue weighted by atomic mass is 16.5. The maximum atomic E-state index is 10.4. The van der Waals surface area contributed by atoms with Crippen molar-refractivity contribution in [2.45, 2.75) is 6.92 Å². The number of hydrogen-bond donors (Lipinski definition) is 2. The molecule has 1 aromatic heterocycles. The lowest BCUT2D eigenvalue weighted by molar-refractivity contribution is -0.380. The topological polar surface area (TPSA) is 140 Å². The van der Waals surface area contributed by atoms with E-state index in [9.17, 15) is 14.7 Å². The van der Waals surface area contributed by atoms with Gasteiger partial charge < -0.3 is 19.7 Å². The minimum Gasteiger partial charge on any atom is -0.545 e. The highest BCUT2D eigenvalue weighted by Crippen LogP contribution is 2.06. The Labute approximate surface area is 126 Å². The van der Waals surface area contributed by atoms with Gasteiger partial charge in [0.2, 0.25) is 0 Å². The standard InChI is InChI=1S/C8H6O4.C6H9N3O/c9-7(10)5-3-1-2-4-6(5)8(11)12;1-4-3-5(10-2)9-6(7)8-4/h1-4H,(H,9,10)(H,11,12);3H,1-2H3,(H2,7,8,9). The Balaban J connectivity index is 0.000000224. The zero-order chi connectivity index (χ0) is 16.7. The summed E-state index contributed by atoms with van der Waals surface area (Å²) in [4.78, 5) is 27.5. The third-order valence-electron chi connectivity index (χ3n) is 2.49. The molecule has 0 aliphatic carbocycles. The van der Waals surface area contributed by atoms with Crippen molar-refractivity contribution >= 4 is 17.9 Å². The van der Waals surface area contributed by atoms with Gasteiger partial charge in [-0.05, 0) is 13.0 Å².